The normalized spacial score (nSPS) is 12.3. The van der Waals surface area contributed by atoms with Crippen molar-refractivity contribution in [3.8, 4) is 12.8 Å². The molecule has 0 aliphatic carbocycles. The smallest absolute Gasteiger partial charge is 0.0393 e. The fourth-order valence-electron chi connectivity index (χ4n) is 0.681. The second-order valence-electron chi connectivity index (χ2n) is 2.48. The molecule has 0 aromatic heterocycles. The number of terminal acetylenes is 1. The molecular formula is C12H18. The summed E-state index contributed by atoms with van der Waals surface area (Å²) in [5, 5.41) is 0. The van der Waals surface area contributed by atoms with Crippen molar-refractivity contribution in [2.45, 2.75) is 27.7 Å². The van der Waals surface area contributed by atoms with Gasteiger partial charge in [-0.15, -0.1) is 12.8 Å². The fraction of sp³-hybridized carbons (Fsp3) is 0.333. The number of hydrogen-bond donors (Lipinski definition) is 0. The van der Waals surface area contributed by atoms with E-state index in [4.69, 9.17) is 0 Å². The summed E-state index contributed by atoms with van der Waals surface area (Å²) in [4.78, 5) is 0. The van der Waals surface area contributed by atoms with Crippen LogP contribution in [-0.4, -0.2) is 0 Å². The Morgan fingerprint density at radius 2 is 1.58 bits per heavy atom. The van der Waals surface area contributed by atoms with E-state index >= 15 is 0 Å². The van der Waals surface area contributed by atoms with Crippen LogP contribution >= 0.6 is 0 Å². The van der Waals surface area contributed by atoms with Crippen molar-refractivity contribution in [1.29, 1.82) is 0 Å². The van der Waals surface area contributed by atoms with Gasteiger partial charge in [0.1, 0.15) is 0 Å². The van der Waals surface area contributed by atoms with Gasteiger partial charge in [-0.1, -0.05) is 24.3 Å². The molecule has 0 fully saturated rings. The Morgan fingerprint density at radius 1 is 1.17 bits per heavy atom. The molecule has 0 aromatic rings. The number of hydrogen-bond acceptors (Lipinski definition) is 0. The van der Waals surface area contributed by atoms with Gasteiger partial charge in [0.15, 0.2) is 0 Å². The molecular weight excluding hydrogens is 144 g/mol. The van der Waals surface area contributed by atoms with Crippen LogP contribution in [0.5, 0.6) is 0 Å². The molecule has 0 nitrogen and oxygen atoms in total. The van der Waals surface area contributed by atoms with Gasteiger partial charge in [-0.3, -0.25) is 0 Å². The molecule has 0 saturated carbocycles. The molecule has 12 heavy (non-hydrogen) atoms. The maximum atomic E-state index is 4.00. The highest BCUT2D eigenvalue weighted by molar-refractivity contribution is 5.35. The maximum absolute atomic E-state index is 4.00. The van der Waals surface area contributed by atoms with Crippen LogP contribution in [0.2, 0.25) is 0 Å². The quantitative estimate of drug-likeness (QED) is 0.429. The van der Waals surface area contributed by atoms with Crippen LogP contribution in [-0.2, 0) is 0 Å². The Bertz CT molecular complexity index is 211. The van der Waals surface area contributed by atoms with E-state index in [0.717, 1.165) is 0 Å². The van der Waals surface area contributed by atoms with E-state index in [0.29, 0.717) is 0 Å². The lowest BCUT2D eigenvalue weighted by Crippen LogP contribution is -1.82. The van der Waals surface area contributed by atoms with E-state index in [1.165, 1.54) is 16.7 Å². The molecule has 0 saturated heterocycles. The van der Waals surface area contributed by atoms with E-state index in [-0.39, 0.29) is 0 Å². The van der Waals surface area contributed by atoms with Gasteiger partial charge in [-0.2, -0.15) is 0 Å². The zero-order valence-electron chi connectivity index (χ0n) is 8.52. The van der Waals surface area contributed by atoms with Gasteiger partial charge in [0, 0.05) is 0 Å². The highest BCUT2D eigenvalue weighted by Gasteiger charge is 1.92. The van der Waals surface area contributed by atoms with Crippen molar-refractivity contribution in [3.63, 3.8) is 0 Å². The summed E-state index contributed by atoms with van der Waals surface area (Å²) in [6.45, 7) is 12.1. The summed E-state index contributed by atoms with van der Waals surface area (Å²) in [7, 11) is 0. The molecule has 0 bridgehead atoms. The van der Waals surface area contributed by atoms with Gasteiger partial charge >= 0.3 is 0 Å². The largest absolute Gasteiger partial charge is 0.124 e. The first-order chi connectivity index (χ1) is 5.63. The molecule has 0 spiro atoms. The zero-order chi connectivity index (χ0) is 10.1. The molecule has 0 N–H and O–H groups in total. The maximum Gasteiger partial charge on any atom is -0.0393 e. The topological polar surface area (TPSA) is 0 Å². The summed E-state index contributed by atoms with van der Waals surface area (Å²) in [5.74, 6) is 0. The molecule has 0 unspecified atom stereocenters. The summed E-state index contributed by atoms with van der Waals surface area (Å²) >= 11 is 0. The summed E-state index contributed by atoms with van der Waals surface area (Å²) in [6.07, 6.45) is 12.0. The summed E-state index contributed by atoms with van der Waals surface area (Å²) in [6, 6.07) is 0. The van der Waals surface area contributed by atoms with Crippen molar-refractivity contribution >= 4 is 0 Å². The predicted molar refractivity (Wildman–Crippen MR) is 57.9 cm³/mol. The number of rotatable bonds is 2. The fourth-order valence-corrected chi connectivity index (χ4v) is 0.681. The molecule has 0 radical (unpaired) electrons. The molecule has 0 heterocycles. The lowest BCUT2D eigenvalue weighted by atomic mass is 10.0. The van der Waals surface area contributed by atoms with Gasteiger partial charge < -0.3 is 0 Å². The van der Waals surface area contributed by atoms with E-state index in [9.17, 15) is 0 Å². The Morgan fingerprint density at radius 3 is 1.83 bits per heavy atom. The second-order valence-corrected chi connectivity index (χ2v) is 2.48. The van der Waals surface area contributed by atoms with Gasteiger partial charge in [0.2, 0.25) is 0 Å². The first kappa shape index (κ1) is 13.4. The average molecular weight is 162 g/mol. The third kappa shape index (κ3) is 4.57. The molecule has 0 heteroatoms. The Hall–Kier alpha value is -1.22. The van der Waals surface area contributed by atoms with Gasteiger partial charge in [-0.25, -0.2) is 0 Å². The first-order valence-electron chi connectivity index (χ1n) is 3.90. The Labute approximate surface area is 76.7 Å². The van der Waals surface area contributed by atoms with E-state index in [1.807, 2.05) is 6.08 Å². The molecule has 0 aliphatic rings. The van der Waals surface area contributed by atoms with Crippen LogP contribution in [0.4, 0.5) is 0 Å². The molecule has 0 rings (SSSR count). The van der Waals surface area contributed by atoms with Crippen LogP contribution in [0.15, 0.2) is 35.5 Å². The highest BCUT2D eigenvalue weighted by atomic mass is 14.0. The Kier molecular flexibility index (Phi) is 8.79. The monoisotopic (exact) mass is 162 g/mol. The molecule has 0 aliphatic heterocycles. The lowest BCUT2D eigenvalue weighted by Gasteiger charge is -2.02. The molecule has 0 aromatic carbocycles. The van der Waals surface area contributed by atoms with Crippen LogP contribution in [0.25, 0.3) is 0 Å². The van der Waals surface area contributed by atoms with Gasteiger partial charge in [-0.05, 0) is 38.8 Å². The van der Waals surface area contributed by atoms with Crippen LogP contribution < -0.4 is 0 Å². The second kappa shape index (κ2) is 7.88. The number of allylic oxidation sites excluding steroid dienone is 5. The van der Waals surface area contributed by atoms with E-state index in [2.05, 4.69) is 53.2 Å². The minimum Gasteiger partial charge on any atom is -0.124 e. The predicted octanol–water partition coefficient (Wildman–Crippen LogP) is 3.72. The zero-order valence-corrected chi connectivity index (χ0v) is 8.52. The molecule has 66 valence electrons. The first-order valence-corrected chi connectivity index (χ1v) is 3.90. The van der Waals surface area contributed by atoms with Crippen molar-refractivity contribution in [3.05, 3.63) is 35.5 Å². The minimum atomic E-state index is 1.26. The third-order valence-corrected chi connectivity index (χ3v) is 1.92. The van der Waals surface area contributed by atoms with Crippen LogP contribution in [0.1, 0.15) is 27.7 Å². The third-order valence-electron chi connectivity index (χ3n) is 1.92. The molecule has 0 atom stereocenters. The van der Waals surface area contributed by atoms with Crippen molar-refractivity contribution in [1.82, 2.24) is 0 Å². The van der Waals surface area contributed by atoms with Crippen molar-refractivity contribution in [2.24, 2.45) is 0 Å². The van der Waals surface area contributed by atoms with Crippen LogP contribution in [0.3, 0.4) is 0 Å². The SMILES string of the molecule is C#C.C=C/C(C)=C(C)/C(C)=C\C. The lowest BCUT2D eigenvalue weighted by molar-refractivity contribution is 1.27. The van der Waals surface area contributed by atoms with Gasteiger partial charge in [0.05, 0.1) is 0 Å². The van der Waals surface area contributed by atoms with E-state index in [1.54, 1.807) is 0 Å². The average Bonchev–Trinajstić information content (AvgIpc) is 2.17. The molecule has 0 amide bonds. The summed E-state index contributed by atoms with van der Waals surface area (Å²) in [5.41, 5.74) is 3.92. The summed E-state index contributed by atoms with van der Waals surface area (Å²) < 4.78 is 0. The highest BCUT2D eigenvalue weighted by Crippen LogP contribution is 2.13. The van der Waals surface area contributed by atoms with Crippen LogP contribution in [0, 0.1) is 12.8 Å². The minimum absolute atomic E-state index is 1.26. The standard InChI is InChI=1S/C10H16.C2H2/c1-6-8(3)10(5)9(4)7-2;1-2/h6-7H,1H2,2-5H3;1-2H/b9-7-,10-8+;. The van der Waals surface area contributed by atoms with E-state index < -0.39 is 0 Å². The van der Waals surface area contributed by atoms with Crippen molar-refractivity contribution < 1.29 is 0 Å². The Balaban J connectivity index is 0. The van der Waals surface area contributed by atoms with Gasteiger partial charge in [0.25, 0.3) is 0 Å². The van der Waals surface area contributed by atoms with Crippen molar-refractivity contribution in [2.75, 3.05) is 0 Å².